The van der Waals surface area contributed by atoms with Gasteiger partial charge in [0.25, 0.3) is 5.91 Å². The fourth-order valence-corrected chi connectivity index (χ4v) is 3.94. The number of hydrogen-bond acceptors (Lipinski definition) is 4. The number of benzene rings is 1. The summed E-state index contributed by atoms with van der Waals surface area (Å²) in [5.74, 6) is 1.22. The predicted molar refractivity (Wildman–Crippen MR) is 102 cm³/mol. The van der Waals surface area contributed by atoms with E-state index >= 15 is 0 Å². The van der Waals surface area contributed by atoms with E-state index < -0.39 is 0 Å². The highest BCUT2D eigenvalue weighted by molar-refractivity contribution is 5.92. The van der Waals surface area contributed by atoms with Crippen LogP contribution in [0.5, 0.6) is 0 Å². The number of piperazine rings is 1. The van der Waals surface area contributed by atoms with Gasteiger partial charge in [0.2, 0.25) is 0 Å². The predicted octanol–water partition coefficient (Wildman–Crippen LogP) is 2.63. The fraction of sp³-hybridized carbons (Fsp3) is 0.476. The summed E-state index contributed by atoms with van der Waals surface area (Å²) in [7, 11) is 0. The molecule has 2 aliphatic rings. The highest BCUT2D eigenvalue weighted by Crippen LogP contribution is 2.25. The smallest absolute Gasteiger partial charge is 0.289 e. The molecule has 2 aliphatic heterocycles. The van der Waals surface area contributed by atoms with Crippen molar-refractivity contribution in [3.05, 3.63) is 47.7 Å². The van der Waals surface area contributed by atoms with Crippen LogP contribution in [0.25, 0.3) is 11.3 Å². The Hall–Kier alpha value is -2.11. The third-order valence-corrected chi connectivity index (χ3v) is 5.58. The number of aryl methyl sites for hydroxylation is 1. The summed E-state index contributed by atoms with van der Waals surface area (Å²) < 4.78 is 5.88. The van der Waals surface area contributed by atoms with Gasteiger partial charge in [-0.2, -0.15) is 0 Å². The number of likely N-dealkylation sites (tertiary alicyclic amines) is 1. The molecule has 138 valence electrons. The van der Waals surface area contributed by atoms with E-state index in [1.807, 2.05) is 17.0 Å². The molecule has 1 N–H and O–H groups in total. The highest BCUT2D eigenvalue weighted by Gasteiger charge is 2.32. The van der Waals surface area contributed by atoms with Crippen molar-refractivity contribution < 1.29 is 9.21 Å². The fourth-order valence-electron chi connectivity index (χ4n) is 3.94. The number of hydrogen-bond donors (Lipinski definition) is 1. The standard InChI is InChI=1S/C21H27N3O2/c1-2-16-3-5-17(6-4-16)19-7-8-20(26-19)21(25)24-12-9-18(15-24)23-13-10-22-11-14-23/h3-8,18,22H,2,9-15H2,1H3. The minimum Gasteiger partial charge on any atom is -0.451 e. The Morgan fingerprint density at radius 2 is 1.88 bits per heavy atom. The van der Waals surface area contributed by atoms with Crippen molar-refractivity contribution in [2.45, 2.75) is 25.8 Å². The zero-order chi connectivity index (χ0) is 17.9. The molecule has 0 bridgehead atoms. The van der Waals surface area contributed by atoms with Crippen molar-refractivity contribution >= 4 is 5.91 Å². The molecule has 1 unspecified atom stereocenters. The minimum atomic E-state index is 0.0130. The van der Waals surface area contributed by atoms with E-state index in [1.165, 1.54) is 5.56 Å². The summed E-state index contributed by atoms with van der Waals surface area (Å²) in [6, 6.07) is 12.5. The molecule has 1 aromatic heterocycles. The normalized spacial score (nSPS) is 21.3. The largest absolute Gasteiger partial charge is 0.451 e. The number of carbonyl (C=O) groups excluding carboxylic acids is 1. The van der Waals surface area contributed by atoms with E-state index in [0.29, 0.717) is 11.8 Å². The lowest BCUT2D eigenvalue weighted by atomic mass is 10.1. The van der Waals surface area contributed by atoms with Crippen molar-refractivity contribution in [2.24, 2.45) is 0 Å². The molecule has 2 aromatic rings. The maximum atomic E-state index is 12.8. The Bertz CT molecular complexity index is 747. The average molecular weight is 353 g/mol. The average Bonchev–Trinajstić information content (AvgIpc) is 3.38. The topological polar surface area (TPSA) is 48.7 Å². The van der Waals surface area contributed by atoms with Crippen LogP contribution in [0, 0.1) is 0 Å². The quantitative estimate of drug-likeness (QED) is 0.918. The van der Waals surface area contributed by atoms with Gasteiger partial charge < -0.3 is 14.6 Å². The number of rotatable bonds is 4. The lowest BCUT2D eigenvalue weighted by Crippen LogP contribution is -2.49. The number of nitrogens with one attached hydrogen (secondary N) is 1. The van der Waals surface area contributed by atoms with Crippen molar-refractivity contribution in [1.29, 1.82) is 0 Å². The molecule has 5 nitrogen and oxygen atoms in total. The molecule has 1 amide bonds. The van der Waals surface area contributed by atoms with Crippen LogP contribution in [-0.2, 0) is 6.42 Å². The van der Waals surface area contributed by atoms with E-state index in [9.17, 15) is 4.79 Å². The molecule has 26 heavy (non-hydrogen) atoms. The maximum absolute atomic E-state index is 12.8. The summed E-state index contributed by atoms with van der Waals surface area (Å²) >= 11 is 0. The molecule has 0 radical (unpaired) electrons. The molecule has 1 atom stereocenters. The van der Waals surface area contributed by atoms with Crippen LogP contribution in [0.4, 0.5) is 0 Å². The van der Waals surface area contributed by atoms with Gasteiger partial charge in [0.1, 0.15) is 5.76 Å². The van der Waals surface area contributed by atoms with Crippen molar-refractivity contribution in [1.82, 2.24) is 15.1 Å². The molecule has 2 saturated heterocycles. The van der Waals surface area contributed by atoms with Gasteiger partial charge in [-0.1, -0.05) is 31.2 Å². The molecular weight excluding hydrogens is 326 g/mol. The van der Waals surface area contributed by atoms with Gasteiger partial charge in [0.05, 0.1) is 0 Å². The molecule has 1 aromatic carbocycles. The monoisotopic (exact) mass is 353 g/mol. The van der Waals surface area contributed by atoms with E-state index in [1.54, 1.807) is 0 Å². The molecule has 2 fully saturated rings. The summed E-state index contributed by atoms with van der Waals surface area (Å²) in [6.07, 6.45) is 2.07. The van der Waals surface area contributed by atoms with Crippen LogP contribution in [0.3, 0.4) is 0 Å². The SMILES string of the molecule is CCc1ccc(-c2ccc(C(=O)N3CCC(N4CCNCC4)C3)o2)cc1. The highest BCUT2D eigenvalue weighted by atomic mass is 16.4. The summed E-state index contributed by atoms with van der Waals surface area (Å²) in [6.45, 7) is 8.00. The van der Waals surface area contributed by atoms with E-state index in [-0.39, 0.29) is 5.91 Å². The van der Waals surface area contributed by atoms with Crippen LogP contribution in [0.15, 0.2) is 40.8 Å². The summed E-state index contributed by atoms with van der Waals surface area (Å²) in [5, 5.41) is 3.39. The molecule has 0 aliphatic carbocycles. The van der Waals surface area contributed by atoms with E-state index in [4.69, 9.17) is 4.42 Å². The zero-order valence-electron chi connectivity index (χ0n) is 15.4. The Kier molecular flexibility index (Phi) is 5.09. The molecule has 0 spiro atoms. The van der Waals surface area contributed by atoms with Gasteiger partial charge in [-0.15, -0.1) is 0 Å². The van der Waals surface area contributed by atoms with Gasteiger partial charge in [-0.3, -0.25) is 9.69 Å². The lowest BCUT2D eigenvalue weighted by Gasteiger charge is -2.32. The second-order valence-corrected chi connectivity index (χ2v) is 7.19. The van der Waals surface area contributed by atoms with Crippen LogP contribution in [-0.4, -0.2) is 61.0 Å². The van der Waals surface area contributed by atoms with Gasteiger partial charge in [-0.05, 0) is 30.5 Å². The van der Waals surface area contributed by atoms with Gasteiger partial charge in [-0.25, -0.2) is 0 Å². The molecule has 5 heteroatoms. The second kappa shape index (κ2) is 7.64. The number of amides is 1. The Labute approximate surface area is 155 Å². The summed E-state index contributed by atoms with van der Waals surface area (Å²) in [4.78, 5) is 17.3. The summed E-state index contributed by atoms with van der Waals surface area (Å²) in [5.41, 5.74) is 2.31. The van der Waals surface area contributed by atoms with E-state index in [2.05, 4.69) is 41.4 Å². The van der Waals surface area contributed by atoms with Gasteiger partial charge in [0, 0.05) is 50.9 Å². The third-order valence-electron chi connectivity index (χ3n) is 5.58. The maximum Gasteiger partial charge on any atom is 0.289 e. The Balaban J connectivity index is 1.41. The Morgan fingerprint density at radius 3 is 2.62 bits per heavy atom. The number of furan rings is 1. The van der Waals surface area contributed by atoms with Crippen LogP contribution in [0.2, 0.25) is 0 Å². The van der Waals surface area contributed by atoms with Crippen LogP contribution < -0.4 is 5.32 Å². The zero-order valence-corrected chi connectivity index (χ0v) is 15.4. The van der Waals surface area contributed by atoms with Crippen molar-refractivity contribution in [3.8, 4) is 11.3 Å². The second-order valence-electron chi connectivity index (χ2n) is 7.19. The van der Waals surface area contributed by atoms with Crippen molar-refractivity contribution in [3.63, 3.8) is 0 Å². The molecule has 4 rings (SSSR count). The van der Waals surface area contributed by atoms with Crippen molar-refractivity contribution in [2.75, 3.05) is 39.3 Å². The molecule has 0 saturated carbocycles. The van der Waals surface area contributed by atoms with Crippen LogP contribution >= 0.6 is 0 Å². The first-order chi connectivity index (χ1) is 12.7. The molecular formula is C21H27N3O2. The van der Waals surface area contributed by atoms with Crippen LogP contribution in [0.1, 0.15) is 29.5 Å². The number of nitrogens with zero attached hydrogens (tertiary/aromatic N) is 2. The minimum absolute atomic E-state index is 0.0130. The first-order valence-corrected chi connectivity index (χ1v) is 9.68. The first-order valence-electron chi connectivity index (χ1n) is 9.68. The van der Waals surface area contributed by atoms with Gasteiger partial charge in [0.15, 0.2) is 5.76 Å². The lowest BCUT2D eigenvalue weighted by molar-refractivity contribution is 0.0743. The number of carbonyl (C=O) groups is 1. The Morgan fingerprint density at radius 1 is 1.12 bits per heavy atom. The third kappa shape index (κ3) is 3.55. The van der Waals surface area contributed by atoms with Gasteiger partial charge >= 0.3 is 0 Å². The van der Waals surface area contributed by atoms with E-state index in [0.717, 1.165) is 63.4 Å². The molecule has 3 heterocycles. The first kappa shape index (κ1) is 17.3.